The molecule has 1 unspecified atom stereocenters. The van der Waals surface area contributed by atoms with Crippen LogP contribution in [0.25, 0.3) is 6.08 Å². The molecule has 3 rings (SSSR count). The summed E-state index contributed by atoms with van der Waals surface area (Å²) in [5.41, 5.74) is 8.82. The van der Waals surface area contributed by atoms with Gasteiger partial charge < -0.3 is 9.80 Å². The molecule has 0 aromatic heterocycles. The zero-order chi connectivity index (χ0) is 34.5. The van der Waals surface area contributed by atoms with Crippen LogP contribution in [0.3, 0.4) is 0 Å². The smallest absolute Gasteiger partial charge is 0.147 e. The molecule has 1 atom stereocenters. The Labute approximate surface area is 299 Å². The molecule has 0 fully saturated rings. The molecule has 1 aromatic carbocycles. The van der Waals surface area contributed by atoms with Gasteiger partial charge in [-0.2, -0.15) is 0 Å². The van der Waals surface area contributed by atoms with Crippen molar-refractivity contribution < 1.29 is 0 Å². The van der Waals surface area contributed by atoms with Gasteiger partial charge in [-0.05, 0) is 50.3 Å². The number of quaternary nitrogens is 1. The second-order valence-electron chi connectivity index (χ2n) is 15.8. The van der Waals surface area contributed by atoms with Crippen molar-refractivity contribution in [3.05, 3.63) is 52.9 Å². The minimum Gasteiger partial charge on any atom is -0.378 e. The Hall–Kier alpha value is -2.00. The number of allylic oxidation sites excluding steroid dienone is 3. The third-order valence-corrected chi connectivity index (χ3v) is 11.2. The highest BCUT2D eigenvalue weighted by Crippen LogP contribution is 2.46. The summed E-state index contributed by atoms with van der Waals surface area (Å²) in [5, 5.41) is 0. The van der Waals surface area contributed by atoms with Gasteiger partial charge in [-0.15, -0.1) is 0 Å². The van der Waals surface area contributed by atoms with Crippen molar-refractivity contribution >= 4 is 17.5 Å². The maximum atomic E-state index is 2.56. The lowest BCUT2D eigenvalue weighted by atomic mass is 9.89. The number of likely N-dealkylation sites (N-methyl/N-ethyl adjacent to an activating group) is 1. The summed E-state index contributed by atoms with van der Waals surface area (Å²) in [7, 11) is 8.82. The molecule has 1 heterocycles. The zero-order valence-corrected chi connectivity index (χ0v) is 32.9. The topological polar surface area (TPSA) is 6.48 Å². The Balaban J connectivity index is 1.64. The standard InChI is InChI=1S/C45H78N3/c1-7-9-11-13-15-17-19-20-21-22-24-26-28-30-36-48(35-29-27-25-23-18-16-14-12-10-8-2)44-38-42(46(3)4)33-31-40(44)37-41-32-34-43(47(5)6)39-45(41)48/h31,33-34,37-39H,7-30,32,35-36H2,1-6H3/q+1. The molecule has 0 spiro atoms. The maximum absolute atomic E-state index is 2.56. The second kappa shape index (κ2) is 23.4. The molecule has 1 aliphatic heterocycles. The van der Waals surface area contributed by atoms with E-state index in [1.54, 1.807) is 17.0 Å². The summed E-state index contributed by atoms with van der Waals surface area (Å²) in [4.78, 5) is 4.61. The van der Waals surface area contributed by atoms with Crippen molar-refractivity contribution in [2.24, 2.45) is 0 Å². The van der Waals surface area contributed by atoms with Crippen LogP contribution < -0.4 is 9.38 Å². The molecule has 0 bridgehead atoms. The van der Waals surface area contributed by atoms with Crippen LogP contribution in [0.2, 0.25) is 0 Å². The Morgan fingerprint density at radius 1 is 0.521 bits per heavy atom. The molecule has 1 aromatic rings. The van der Waals surface area contributed by atoms with Gasteiger partial charge in [0, 0.05) is 62.9 Å². The van der Waals surface area contributed by atoms with Crippen molar-refractivity contribution in [2.75, 3.05) is 46.2 Å². The first-order valence-corrected chi connectivity index (χ1v) is 20.9. The minimum absolute atomic E-state index is 1.04. The van der Waals surface area contributed by atoms with Crippen molar-refractivity contribution in [3.63, 3.8) is 0 Å². The van der Waals surface area contributed by atoms with Crippen LogP contribution in [-0.4, -0.2) is 46.2 Å². The molecule has 0 N–H and O–H groups in total. The minimum atomic E-state index is 1.04. The lowest BCUT2D eigenvalue weighted by molar-refractivity contribution is 0.317. The maximum Gasteiger partial charge on any atom is 0.147 e. The molecule has 2 aliphatic rings. The van der Waals surface area contributed by atoms with Crippen LogP contribution in [0.15, 0.2) is 47.3 Å². The average Bonchev–Trinajstić information content (AvgIpc) is 3.08. The predicted molar refractivity (Wildman–Crippen MR) is 217 cm³/mol. The molecule has 0 radical (unpaired) electrons. The molecule has 0 saturated carbocycles. The molecular formula is C45H78N3+. The number of unbranched alkanes of at least 4 members (excludes halogenated alkanes) is 22. The summed E-state index contributed by atoms with van der Waals surface area (Å²) in [6.07, 6.45) is 42.3. The van der Waals surface area contributed by atoms with Gasteiger partial charge in [0.1, 0.15) is 11.4 Å². The number of fused-ring (bicyclic) bond motifs is 2. The van der Waals surface area contributed by atoms with Crippen molar-refractivity contribution in [3.8, 4) is 0 Å². The first-order valence-electron chi connectivity index (χ1n) is 20.9. The second-order valence-corrected chi connectivity index (χ2v) is 15.8. The lowest BCUT2D eigenvalue weighted by Gasteiger charge is -2.45. The van der Waals surface area contributed by atoms with E-state index in [2.05, 4.69) is 88.3 Å². The highest BCUT2D eigenvalue weighted by molar-refractivity contribution is 5.80. The average molecular weight is 661 g/mol. The number of rotatable bonds is 28. The SMILES string of the molecule is CCCCCCCCCCCCCCCC[N+]1(CCCCCCCCCCCC)C2=CC(N(C)C)=CCC2=Cc2ccc(N(C)C)cc21. The first kappa shape index (κ1) is 40.4. The van der Waals surface area contributed by atoms with Crippen LogP contribution in [-0.2, 0) is 0 Å². The fraction of sp³-hybridized carbons (Fsp3) is 0.733. The predicted octanol–water partition coefficient (Wildman–Crippen LogP) is 13.6. The van der Waals surface area contributed by atoms with E-state index in [1.807, 2.05) is 0 Å². The quantitative estimate of drug-likeness (QED) is 0.0652. The van der Waals surface area contributed by atoms with Gasteiger partial charge in [-0.25, -0.2) is 0 Å². The van der Waals surface area contributed by atoms with E-state index in [0.717, 1.165) is 10.9 Å². The largest absolute Gasteiger partial charge is 0.378 e. The van der Waals surface area contributed by atoms with E-state index < -0.39 is 0 Å². The Morgan fingerprint density at radius 3 is 1.38 bits per heavy atom. The Bertz CT molecular complexity index is 1110. The van der Waals surface area contributed by atoms with E-state index in [1.165, 1.54) is 184 Å². The van der Waals surface area contributed by atoms with E-state index in [-0.39, 0.29) is 0 Å². The number of benzene rings is 1. The molecule has 272 valence electrons. The summed E-state index contributed by atoms with van der Waals surface area (Å²) in [5.74, 6) is 0. The third kappa shape index (κ3) is 13.4. The monoisotopic (exact) mass is 661 g/mol. The molecule has 48 heavy (non-hydrogen) atoms. The molecule has 3 nitrogen and oxygen atoms in total. The lowest BCUT2D eigenvalue weighted by Crippen LogP contribution is -2.52. The van der Waals surface area contributed by atoms with E-state index in [4.69, 9.17) is 0 Å². The summed E-state index contributed by atoms with van der Waals surface area (Å²) >= 11 is 0. The van der Waals surface area contributed by atoms with Gasteiger partial charge in [0.2, 0.25) is 0 Å². The van der Waals surface area contributed by atoms with Crippen LogP contribution in [0, 0.1) is 0 Å². The van der Waals surface area contributed by atoms with Crippen molar-refractivity contribution in [1.29, 1.82) is 0 Å². The summed E-state index contributed by atoms with van der Waals surface area (Å²) in [6, 6.07) is 7.28. The van der Waals surface area contributed by atoms with Crippen molar-refractivity contribution in [1.82, 2.24) is 9.38 Å². The van der Waals surface area contributed by atoms with E-state index >= 15 is 0 Å². The molecular weight excluding hydrogens is 583 g/mol. The van der Waals surface area contributed by atoms with Crippen LogP contribution >= 0.6 is 0 Å². The molecule has 3 heteroatoms. The molecule has 0 amide bonds. The number of nitrogens with zero attached hydrogens (tertiary/aromatic N) is 3. The van der Waals surface area contributed by atoms with E-state index in [9.17, 15) is 0 Å². The fourth-order valence-electron chi connectivity index (χ4n) is 8.11. The van der Waals surface area contributed by atoms with Crippen LogP contribution in [0.4, 0.5) is 11.4 Å². The van der Waals surface area contributed by atoms with Gasteiger partial charge >= 0.3 is 0 Å². The van der Waals surface area contributed by atoms with Crippen LogP contribution in [0.1, 0.15) is 180 Å². The third-order valence-electron chi connectivity index (χ3n) is 11.2. The summed E-state index contributed by atoms with van der Waals surface area (Å²) < 4.78 is 1.04. The molecule has 0 saturated heterocycles. The fourth-order valence-corrected chi connectivity index (χ4v) is 8.11. The highest BCUT2D eigenvalue weighted by Gasteiger charge is 2.42. The van der Waals surface area contributed by atoms with Gasteiger partial charge in [0.25, 0.3) is 0 Å². The highest BCUT2D eigenvalue weighted by atomic mass is 15.4. The van der Waals surface area contributed by atoms with Gasteiger partial charge in [-0.1, -0.05) is 148 Å². The van der Waals surface area contributed by atoms with Gasteiger partial charge in [0.15, 0.2) is 0 Å². The zero-order valence-electron chi connectivity index (χ0n) is 32.9. The molecule has 1 aliphatic carbocycles. The Morgan fingerprint density at radius 2 is 0.958 bits per heavy atom. The first-order chi connectivity index (χ1) is 23.4. The number of anilines is 1. The van der Waals surface area contributed by atoms with Crippen molar-refractivity contribution in [2.45, 2.75) is 174 Å². The van der Waals surface area contributed by atoms with Gasteiger partial charge in [0.05, 0.1) is 13.1 Å². The number of hydrogen-bond donors (Lipinski definition) is 0. The van der Waals surface area contributed by atoms with Crippen LogP contribution in [0.5, 0.6) is 0 Å². The summed E-state index contributed by atoms with van der Waals surface area (Å²) in [6.45, 7) is 7.08. The normalized spacial score (nSPS) is 17.0. The van der Waals surface area contributed by atoms with E-state index in [0.29, 0.717) is 0 Å². The van der Waals surface area contributed by atoms with Gasteiger partial charge in [-0.3, -0.25) is 4.48 Å². The number of hydrogen-bond acceptors (Lipinski definition) is 2. The Kier molecular flexibility index (Phi) is 19.7.